The van der Waals surface area contributed by atoms with E-state index in [1.807, 2.05) is 0 Å². The van der Waals surface area contributed by atoms with E-state index in [4.69, 9.17) is 15.2 Å². The van der Waals surface area contributed by atoms with Crippen molar-refractivity contribution in [2.24, 2.45) is 11.7 Å². The van der Waals surface area contributed by atoms with Crippen LogP contribution in [-0.4, -0.2) is 46.4 Å². The lowest BCUT2D eigenvalue weighted by molar-refractivity contribution is -0.159. The van der Waals surface area contributed by atoms with Crippen LogP contribution in [0.1, 0.15) is 67.4 Å². The summed E-state index contributed by atoms with van der Waals surface area (Å²) in [5.74, 6) is -1.40. The third-order valence-corrected chi connectivity index (χ3v) is 4.38. The summed E-state index contributed by atoms with van der Waals surface area (Å²) >= 11 is 0. The fourth-order valence-corrected chi connectivity index (χ4v) is 2.93. The Hall–Kier alpha value is -2.81. The number of aromatic hydroxyl groups is 1. The van der Waals surface area contributed by atoms with Crippen molar-refractivity contribution in [2.75, 3.05) is 5.32 Å². The van der Waals surface area contributed by atoms with E-state index in [1.54, 1.807) is 60.6 Å². The molecule has 2 amide bonds. The molecule has 186 valence electrons. The van der Waals surface area contributed by atoms with E-state index in [-0.39, 0.29) is 17.4 Å². The van der Waals surface area contributed by atoms with Crippen LogP contribution in [-0.2, 0) is 25.5 Å². The molecule has 0 aromatic heterocycles. The molecule has 0 unspecified atom stereocenters. The van der Waals surface area contributed by atoms with Gasteiger partial charge in [0, 0.05) is 6.04 Å². The van der Waals surface area contributed by atoms with Crippen molar-refractivity contribution in [3.8, 4) is 5.75 Å². The van der Waals surface area contributed by atoms with Gasteiger partial charge in [-0.2, -0.15) is 0 Å². The maximum atomic E-state index is 12.5. The van der Waals surface area contributed by atoms with Gasteiger partial charge in [0.15, 0.2) is 0 Å². The minimum absolute atomic E-state index is 0.105. The number of rotatable bonds is 8. The van der Waals surface area contributed by atoms with Crippen LogP contribution in [0.5, 0.6) is 5.75 Å². The summed E-state index contributed by atoms with van der Waals surface area (Å²) in [5.41, 5.74) is 5.23. The van der Waals surface area contributed by atoms with Gasteiger partial charge >= 0.3 is 12.1 Å². The molecule has 9 nitrogen and oxygen atoms in total. The van der Waals surface area contributed by atoms with Gasteiger partial charge in [-0.1, -0.05) is 13.0 Å². The second-order valence-electron chi connectivity index (χ2n) is 10.3. The van der Waals surface area contributed by atoms with Crippen LogP contribution < -0.4 is 16.4 Å². The molecule has 0 aliphatic rings. The number of alkyl carbamates (subject to hydrolysis) is 1. The number of carbonyl (C=O) groups excluding carboxylic acids is 3. The molecule has 3 atom stereocenters. The molecule has 9 heteroatoms. The maximum absolute atomic E-state index is 12.5. The molecule has 0 aliphatic carbocycles. The molecular weight excluding hydrogens is 426 g/mol. The van der Waals surface area contributed by atoms with Gasteiger partial charge in [0.25, 0.3) is 0 Å². The highest BCUT2D eigenvalue weighted by Gasteiger charge is 2.27. The first kappa shape index (κ1) is 28.2. The van der Waals surface area contributed by atoms with E-state index in [2.05, 4.69) is 10.6 Å². The lowest BCUT2D eigenvalue weighted by Gasteiger charge is -2.27. The third-order valence-electron chi connectivity index (χ3n) is 4.38. The van der Waals surface area contributed by atoms with Crippen molar-refractivity contribution >= 4 is 23.7 Å². The number of carbonyl (C=O) groups is 3. The number of anilines is 1. The van der Waals surface area contributed by atoms with E-state index in [0.29, 0.717) is 12.8 Å². The van der Waals surface area contributed by atoms with Crippen LogP contribution in [0.25, 0.3) is 0 Å². The number of phenols is 1. The Kier molecular flexibility index (Phi) is 9.71. The smallest absolute Gasteiger partial charge is 0.407 e. The minimum atomic E-state index is -0.746. The first-order chi connectivity index (χ1) is 15.0. The number of hydrogen-bond donors (Lipinski definition) is 4. The quantitative estimate of drug-likeness (QED) is 0.340. The SMILES string of the molecule is C[C@H](N)C(=O)Nc1cc(C[C@@H](C[C@H](C)C(=O)OC(C)(C)C)NC(=O)OC(C)(C)C)ccc1O. The topological polar surface area (TPSA) is 140 Å². The molecule has 1 aromatic rings. The fourth-order valence-electron chi connectivity index (χ4n) is 2.93. The molecule has 0 aliphatic heterocycles. The predicted octanol–water partition coefficient (Wildman–Crippen LogP) is 3.48. The number of benzene rings is 1. The van der Waals surface area contributed by atoms with Crippen LogP contribution in [0.2, 0.25) is 0 Å². The van der Waals surface area contributed by atoms with Gasteiger partial charge in [0.2, 0.25) is 5.91 Å². The molecule has 0 heterocycles. The van der Waals surface area contributed by atoms with Crippen LogP contribution >= 0.6 is 0 Å². The Morgan fingerprint density at radius 2 is 1.61 bits per heavy atom. The molecule has 0 bridgehead atoms. The zero-order chi connectivity index (χ0) is 25.6. The molecular formula is C24H39N3O6. The van der Waals surface area contributed by atoms with E-state index < -0.39 is 41.2 Å². The molecule has 1 rings (SSSR count). The Morgan fingerprint density at radius 3 is 2.12 bits per heavy atom. The number of nitrogens with one attached hydrogen (secondary N) is 2. The van der Waals surface area contributed by atoms with Gasteiger partial charge in [-0.05, 0) is 79.0 Å². The lowest BCUT2D eigenvalue weighted by Crippen LogP contribution is -2.42. The first-order valence-corrected chi connectivity index (χ1v) is 11.1. The molecule has 0 saturated carbocycles. The monoisotopic (exact) mass is 465 g/mol. The highest BCUT2D eigenvalue weighted by Crippen LogP contribution is 2.26. The van der Waals surface area contributed by atoms with Gasteiger partial charge in [-0.15, -0.1) is 0 Å². The zero-order valence-corrected chi connectivity index (χ0v) is 20.9. The van der Waals surface area contributed by atoms with Crippen molar-refractivity contribution in [3.05, 3.63) is 23.8 Å². The Bertz CT molecular complexity index is 840. The van der Waals surface area contributed by atoms with Crippen LogP contribution in [0.15, 0.2) is 18.2 Å². The van der Waals surface area contributed by atoms with Crippen molar-refractivity contribution < 1.29 is 29.0 Å². The van der Waals surface area contributed by atoms with Crippen LogP contribution in [0.4, 0.5) is 10.5 Å². The van der Waals surface area contributed by atoms with Crippen LogP contribution in [0, 0.1) is 5.92 Å². The van der Waals surface area contributed by atoms with Crippen molar-refractivity contribution in [2.45, 2.75) is 91.5 Å². The van der Waals surface area contributed by atoms with E-state index >= 15 is 0 Å². The number of ether oxygens (including phenoxy) is 2. The zero-order valence-electron chi connectivity index (χ0n) is 20.9. The number of nitrogens with two attached hydrogens (primary N) is 1. The highest BCUT2D eigenvalue weighted by atomic mass is 16.6. The van der Waals surface area contributed by atoms with Crippen molar-refractivity contribution in [3.63, 3.8) is 0 Å². The van der Waals surface area contributed by atoms with Gasteiger partial charge in [0.05, 0.1) is 17.6 Å². The van der Waals surface area contributed by atoms with Crippen molar-refractivity contribution in [1.82, 2.24) is 5.32 Å². The van der Waals surface area contributed by atoms with E-state index in [0.717, 1.165) is 5.56 Å². The highest BCUT2D eigenvalue weighted by molar-refractivity contribution is 5.95. The molecule has 0 saturated heterocycles. The number of amides is 2. The summed E-state index contributed by atoms with van der Waals surface area (Å²) in [6, 6.07) is 3.53. The summed E-state index contributed by atoms with van der Waals surface area (Å²) in [4.78, 5) is 36.8. The summed E-state index contributed by atoms with van der Waals surface area (Å²) in [6.07, 6.45) is 0.0257. The van der Waals surface area contributed by atoms with Gasteiger partial charge < -0.3 is 30.9 Å². The summed E-state index contributed by atoms with van der Waals surface area (Å²) in [7, 11) is 0. The normalized spacial score (nSPS) is 14.6. The molecule has 0 spiro atoms. The lowest BCUT2D eigenvalue weighted by atomic mass is 9.95. The van der Waals surface area contributed by atoms with Crippen LogP contribution in [0.3, 0.4) is 0 Å². The standard InChI is InChI=1S/C24H39N3O6/c1-14(21(30)32-23(3,4)5)11-17(26-22(31)33-24(6,7)8)12-16-9-10-19(28)18(13-16)27-20(29)15(2)25/h9-10,13-15,17,28H,11-12,25H2,1-8H3,(H,26,31)(H,27,29)/t14-,15-,17+/m0/s1. The minimum Gasteiger partial charge on any atom is -0.506 e. The fraction of sp³-hybridized carbons (Fsp3) is 0.625. The van der Waals surface area contributed by atoms with E-state index in [9.17, 15) is 19.5 Å². The van der Waals surface area contributed by atoms with Gasteiger partial charge in [0.1, 0.15) is 17.0 Å². The molecule has 33 heavy (non-hydrogen) atoms. The second kappa shape index (κ2) is 11.4. The number of phenolic OH excluding ortho intramolecular Hbond substituents is 1. The summed E-state index contributed by atoms with van der Waals surface area (Å²) < 4.78 is 10.8. The molecule has 5 N–H and O–H groups in total. The number of hydrogen-bond acceptors (Lipinski definition) is 7. The Labute approximate surface area is 196 Å². The van der Waals surface area contributed by atoms with Crippen molar-refractivity contribution in [1.29, 1.82) is 0 Å². The van der Waals surface area contributed by atoms with E-state index in [1.165, 1.54) is 13.0 Å². The average Bonchev–Trinajstić information content (AvgIpc) is 2.61. The summed E-state index contributed by atoms with van der Waals surface area (Å²) in [6.45, 7) is 13.9. The largest absolute Gasteiger partial charge is 0.506 e. The predicted molar refractivity (Wildman–Crippen MR) is 127 cm³/mol. The van der Waals surface area contributed by atoms with Gasteiger partial charge in [-0.3, -0.25) is 9.59 Å². The first-order valence-electron chi connectivity index (χ1n) is 11.1. The Morgan fingerprint density at radius 1 is 1.03 bits per heavy atom. The van der Waals surface area contributed by atoms with Gasteiger partial charge in [-0.25, -0.2) is 4.79 Å². The summed E-state index contributed by atoms with van der Waals surface area (Å²) in [5, 5.41) is 15.5. The third kappa shape index (κ3) is 11.1. The molecule has 0 radical (unpaired) electrons. The average molecular weight is 466 g/mol. The number of esters is 1. The maximum Gasteiger partial charge on any atom is 0.407 e. The molecule has 1 aromatic carbocycles. The molecule has 0 fully saturated rings. The second-order valence-corrected chi connectivity index (χ2v) is 10.3. The Balaban J connectivity index is 3.07.